The molecule has 5 nitrogen and oxygen atoms in total. The molecule has 0 amide bonds. The van der Waals surface area contributed by atoms with Crippen LogP contribution in [-0.4, -0.2) is 31.5 Å². The Morgan fingerprint density at radius 2 is 2.26 bits per heavy atom. The van der Waals surface area contributed by atoms with E-state index in [-0.39, 0.29) is 12.1 Å². The number of rotatable bonds is 4. The van der Waals surface area contributed by atoms with Gasteiger partial charge in [-0.25, -0.2) is 0 Å². The van der Waals surface area contributed by atoms with E-state index in [9.17, 15) is 4.79 Å². The normalized spacial score (nSPS) is 21.5. The molecule has 1 heterocycles. The van der Waals surface area contributed by atoms with Crippen molar-refractivity contribution in [3.63, 3.8) is 0 Å². The Kier molecular flexibility index (Phi) is 4.04. The zero-order valence-corrected chi connectivity index (χ0v) is 11.3. The number of carbonyl (C=O) groups is 1. The van der Waals surface area contributed by atoms with E-state index < -0.39 is 5.92 Å². The molecule has 0 aromatic heterocycles. The van der Waals surface area contributed by atoms with Crippen LogP contribution < -0.4 is 4.74 Å². The Hall–Kier alpha value is -2.04. The van der Waals surface area contributed by atoms with E-state index in [1.54, 1.807) is 21.0 Å². The molecule has 0 N–H and O–H groups in total. The van der Waals surface area contributed by atoms with Crippen molar-refractivity contribution in [3.8, 4) is 5.75 Å². The van der Waals surface area contributed by atoms with Crippen molar-refractivity contribution in [1.29, 1.82) is 0 Å². The molecule has 1 aliphatic rings. The maximum absolute atomic E-state index is 12.0. The number of oxime groups is 1. The van der Waals surface area contributed by atoms with Gasteiger partial charge in [-0.05, 0) is 26.0 Å². The second-order valence-electron chi connectivity index (χ2n) is 4.25. The van der Waals surface area contributed by atoms with Crippen LogP contribution in [0.4, 0.5) is 0 Å². The smallest absolute Gasteiger partial charge is 0.319 e. The van der Waals surface area contributed by atoms with Gasteiger partial charge in [0.15, 0.2) is 0 Å². The Balaban J connectivity index is 2.29. The first-order valence-electron chi connectivity index (χ1n) is 6.22. The average Bonchev–Trinajstić information content (AvgIpc) is 2.81. The summed E-state index contributed by atoms with van der Waals surface area (Å²) < 4.78 is 10.2. The number of benzene rings is 1. The van der Waals surface area contributed by atoms with Crippen LogP contribution in [0, 0.1) is 5.92 Å². The van der Waals surface area contributed by atoms with Crippen molar-refractivity contribution >= 4 is 11.7 Å². The van der Waals surface area contributed by atoms with Gasteiger partial charge in [0.05, 0.1) is 13.7 Å². The van der Waals surface area contributed by atoms with Crippen LogP contribution in [0.25, 0.3) is 0 Å². The second kappa shape index (κ2) is 5.73. The Bertz CT molecular complexity index is 498. The van der Waals surface area contributed by atoms with Gasteiger partial charge in [0, 0.05) is 5.56 Å². The summed E-state index contributed by atoms with van der Waals surface area (Å²) in [5.41, 5.74) is 1.40. The number of carbonyl (C=O) groups excluding carboxylic acids is 1. The fourth-order valence-electron chi connectivity index (χ4n) is 2.03. The highest BCUT2D eigenvalue weighted by Crippen LogP contribution is 2.26. The number of hydrogen-bond donors (Lipinski definition) is 0. The molecule has 102 valence electrons. The third-order valence-electron chi connectivity index (χ3n) is 2.99. The number of nitrogens with zero attached hydrogens (tertiary/aromatic N) is 1. The van der Waals surface area contributed by atoms with Gasteiger partial charge in [-0.2, -0.15) is 0 Å². The lowest BCUT2D eigenvalue weighted by molar-refractivity contribution is -0.148. The lowest BCUT2D eigenvalue weighted by atomic mass is 9.93. The highest BCUT2D eigenvalue weighted by molar-refractivity contribution is 6.13. The maximum Gasteiger partial charge on any atom is 0.319 e. The van der Waals surface area contributed by atoms with Gasteiger partial charge in [-0.3, -0.25) is 4.79 Å². The highest BCUT2D eigenvalue weighted by Gasteiger charge is 2.39. The monoisotopic (exact) mass is 263 g/mol. The van der Waals surface area contributed by atoms with E-state index >= 15 is 0 Å². The lowest BCUT2D eigenvalue weighted by Gasteiger charge is -2.14. The van der Waals surface area contributed by atoms with Crippen molar-refractivity contribution in [2.24, 2.45) is 11.1 Å². The van der Waals surface area contributed by atoms with E-state index in [1.165, 1.54) is 0 Å². The SMILES string of the molecule is CCOC(=O)C1C(c2cccc(OC)c2)=NOC1C. The van der Waals surface area contributed by atoms with Crippen LogP contribution in [0.2, 0.25) is 0 Å². The average molecular weight is 263 g/mol. The summed E-state index contributed by atoms with van der Waals surface area (Å²) in [6.45, 7) is 3.92. The maximum atomic E-state index is 12.0. The minimum atomic E-state index is -0.493. The van der Waals surface area contributed by atoms with Crippen molar-refractivity contribution in [1.82, 2.24) is 0 Å². The third kappa shape index (κ3) is 2.70. The van der Waals surface area contributed by atoms with Gasteiger partial charge < -0.3 is 14.3 Å². The van der Waals surface area contributed by atoms with Gasteiger partial charge in [-0.1, -0.05) is 17.3 Å². The zero-order valence-electron chi connectivity index (χ0n) is 11.3. The Morgan fingerprint density at radius 3 is 2.95 bits per heavy atom. The standard InChI is InChI=1S/C14H17NO4/c1-4-18-14(16)12-9(2)19-15-13(12)10-6-5-7-11(8-10)17-3/h5-9,12H,4H2,1-3H3. The number of ether oxygens (including phenoxy) is 2. The van der Waals surface area contributed by atoms with Crippen LogP contribution >= 0.6 is 0 Å². The molecule has 0 aliphatic carbocycles. The summed E-state index contributed by atoms with van der Waals surface area (Å²) >= 11 is 0. The summed E-state index contributed by atoms with van der Waals surface area (Å²) in [6, 6.07) is 7.38. The topological polar surface area (TPSA) is 57.1 Å². The molecule has 0 saturated carbocycles. The predicted molar refractivity (Wildman–Crippen MR) is 70.2 cm³/mol. The molecule has 0 radical (unpaired) electrons. The molecule has 2 unspecified atom stereocenters. The van der Waals surface area contributed by atoms with E-state index in [4.69, 9.17) is 14.3 Å². The molecule has 5 heteroatoms. The molecule has 1 aromatic rings. The summed E-state index contributed by atoms with van der Waals surface area (Å²) in [7, 11) is 1.59. The van der Waals surface area contributed by atoms with E-state index in [0.29, 0.717) is 18.1 Å². The summed E-state index contributed by atoms with van der Waals surface area (Å²) in [5, 5.41) is 4.01. The number of esters is 1. The van der Waals surface area contributed by atoms with Crippen molar-refractivity contribution in [3.05, 3.63) is 29.8 Å². The van der Waals surface area contributed by atoms with Gasteiger partial charge >= 0.3 is 5.97 Å². The first-order valence-corrected chi connectivity index (χ1v) is 6.22. The van der Waals surface area contributed by atoms with Crippen molar-refractivity contribution in [2.45, 2.75) is 20.0 Å². The van der Waals surface area contributed by atoms with Gasteiger partial charge in [0.25, 0.3) is 0 Å². The Morgan fingerprint density at radius 1 is 1.47 bits per heavy atom. The van der Waals surface area contributed by atoms with E-state index in [0.717, 1.165) is 5.56 Å². The minimum absolute atomic E-state index is 0.311. The van der Waals surface area contributed by atoms with Crippen LogP contribution in [0.5, 0.6) is 5.75 Å². The number of hydrogen-bond acceptors (Lipinski definition) is 5. The molecular formula is C14H17NO4. The molecule has 19 heavy (non-hydrogen) atoms. The molecule has 1 aromatic carbocycles. The first-order chi connectivity index (χ1) is 9.17. The fraction of sp³-hybridized carbons (Fsp3) is 0.429. The minimum Gasteiger partial charge on any atom is -0.497 e. The van der Waals surface area contributed by atoms with E-state index in [2.05, 4.69) is 5.16 Å². The van der Waals surface area contributed by atoms with Gasteiger partial charge in [0.1, 0.15) is 23.5 Å². The largest absolute Gasteiger partial charge is 0.497 e. The highest BCUT2D eigenvalue weighted by atomic mass is 16.6. The zero-order chi connectivity index (χ0) is 13.8. The van der Waals surface area contributed by atoms with Crippen LogP contribution in [0.3, 0.4) is 0 Å². The summed E-state index contributed by atoms with van der Waals surface area (Å²) in [5.74, 6) is -0.0940. The van der Waals surface area contributed by atoms with Gasteiger partial charge in [-0.15, -0.1) is 0 Å². The second-order valence-corrected chi connectivity index (χ2v) is 4.25. The molecule has 0 fully saturated rings. The summed E-state index contributed by atoms with van der Waals surface area (Å²) in [4.78, 5) is 17.2. The molecule has 2 atom stereocenters. The molecular weight excluding hydrogens is 246 g/mol. The third-order valence-corrected chi connectivity index (χ3v) is 2.99. The quantitative estimate of drug-likeness (QED) is 0.780. The van der Waals surface area contributed by atoms with Crippen LogP contribution in [0.1, 0.15) is 19.4 Å². The number of methoxy groups -OCH3 is 1. The summed E-state index contributed by atoms with van der Waals surface area (Å²) in [6.07, 6.45) is -0.319. The van der Waals surface area contributed by atoms with Crippen LogP contribution in [-0.2, 0) is 14.4 Å². The fourth-order valence-corrected chi connectivity index (χ4v) is 2.03. The molecule has 0 bridgehead atoms. The molecule has 2 rings (SSSR count). The molecule has 0 saturated heterocycles. The Labute approximate surface area is 112 Å². The first kappa shape index (κ1) is 13.4. The van der Waals surface area contributed by atoms with Gasteiger partial charge in [0.2, 0.25) is 0 Å². The predicted octanol–water partition coefficient (Wildman–Crippen LogP) is 2.00. The molecule has 0 spiro atoms. The van der Waals surface area contributed by atoms with E-state index in [1.807, 2.05) is 24.3 Å². The lowest BCUT2D eigenvalue weighted by Crippen LogP contribution is -2.31. The van der Waals surface area contributed by atoms with Crippen molar-refractivity contribution in [2.75, 3.05) is 13.7 Å². The van der Waals surface area contributed by atoms with Crippen molar-refractivity contribution < 1.29 is 19.1 Å². The molecule has 1 aliphatic heterocycles. The van der Waals surface area contributed by atoms with Crippen LogP contribution in [0.15, 0.2) is 29.4 Å².